The lowest BCUT2D eigenvalue weighted by Gasteiger charge is -2.28. The number of aryl methyl sites for hydroxylation is 1. The second kappa shape index (κ2) is 8.03. The van der Waals surface area contributed by atoms with Crippen LogP contribution in [-0.4, -0.2) is 44.6 Å². The van der Waals surface area contributed by atoms with E-state index in [2.05, 4.69) is 29.4 Å². The molecule has 1 aromatic carbocycles. The molecule has 4 heteroatoms. The van der Waals surface area contributed by atoms with E-state index in [9.17, 15) is 4.79 Å². The van der Waals surface area contributed by atoms with E-state index in [0.29, 0.717) is 0 Å². The number of rotatable bonds is 6. The molecule has 21 heavy (non-hydrogen) atoms. The van der Waals surface area contributed by atoms with Crippen LogP contribution in [0.4, 0.5) is 0 Å². The van der Waals surface area contributed by atoms with Crippen LogP contribution in [0.25, 0.3) is 0 Å². The molecule has 1 fully saturated rings. The Balaban J connectivity index is 1.65. The predicted octanol–water partition coefficient (Wildman–Crippen LogP) is 2.09. The zero-order valence-electron chi connectivity index (χ0n) is 13.1. The summed E-state index contributed by atoms with van der Waals surface area (Å²) < 4.78 is 5.14. The average Bonchev–Trinajstić information content (AvgIpc) is 2.52. The number of amides is 1. The number of nitrogens with zero attached hydrogens (tertiary/aromatic N) is 1. The molecule has 0 aliphatic carbocycles. The molecule has 0 spiro atoms. The lowest BCUT2D eigenvalue weighted by Crippen LogP contribution is -2.41. The molecule has 0 radical (unpaired) electrons. The predicted molar refractivity (Wildman–Crippen MR) is 84.5 cm³/mol. The van der Waals surface area contributed by atoms with Crippen LogP contribution in [0.15, 0.2) is 24.3 Å². The van der Waals surface area contributed by atoms with Crippen molar-refractivity contribution < 1.29 is 9.53 Å². The SMILES string of the molecule is COc1ccc(CCCNC(=O)[C@@H]2CCCN(C)C2)cc1. The lowest BCUT2D eigenvalue weighted by molar-refractivity contribution is -0.126. The van der Waals surface area contributed by atoms with Gasteiger partial charge in [0.25, 0.3) is 0 Å². The molecule has 0 saturated carbocycles. The third-order valence-corrected chi connectivity index (χ3v) is 4.10. The molecule has 1 heterocycles. The Bertz CT molecular complexity index is 445. The van der Waals surface area contributed by atoms with E-state index in [1.165, 1.54) is 5.56 Å². The maximum Gasteiger partial charge on any atom is 0.224 e. The smallest absolute Gasteiger partial charge is 0.224 e. The van der Waals surface area contributed by atoms with Crippen LogP contribution in [0.1, 0.15) is 24.8 Å². The Labute approximate surface area is 127 Å². The van der Waals surface area contributed by atoms with Gasteiger partial charge in [0.15, 0.2) is 0 Å². The number of benzene rings is 1. The fraction of sp³-hybridized carbons (Fsp3) is 0.588. The highest BCUT2D eigenvalue weighted by atomic mass is 16.5. The minimum absolute atomic E-state index is 0.171. The van der Waals surface area contributed by atoms with Crippen LogP contribution in [0.5, 0.6) is 5.75 Å². The zero-order chi connectivity index (χ0) is 15.1. The van der Waals surface area contributed by atoms with Gasteiger partial charge < -0.3 is 15.0 Å². The summed E-state index contributed by atoms with van der Waals surface area (Å²) in [6.07, 6.45) is 4.10. The maximum atomic E-state index is 12.1. The van der Waals surface area contributed by atoms with Crippen LogP contribution in [0.3, 0.4) is 0 Å². The van der Waals surface area contributed by atoms with E-state index in [1.807, 2.05) is 12.1 Å². The molecule has 1 amide bonds. The van der Waals surface area contributed by atoms with Gasteiger partial charge in [-0.1, -0.05) is 12.1 Å². The Morgan fingerprint density at radius 1 is 1.38 bits per heavy atom. The van der Waals surface area contributed by atoms with Crippen molar-refractivity contribution in [2.45, 2.75) is 25.7 Å². The van der Waals surface area contributed by atoms with Gasteiger partial charge in [0.05, 0.1) is 13.0 Å². The van der Waals surface area contributed by atoms with Crippen LogP contribution in [0, 0.1) is 5.92 Å². The molecule has 1 aliphatic heterocycles. The van der Waals surface area contributed by atoms with Gasteiger partial charge in [0.1, 0.15) is 5.75 Å². The minimum Gasteiger partial charge on any atom is -0.497 e. The van der Waals surface area contributed by atoms with Gasteiger partial charge in [-0.3, -0.25) is 4.79 Å². The van der Waals surface area contributed by atoms with Crippen LogP contribution >= 0.6 is 0 Å². The molecule has 4 nitrogen and oxygen atoms in total. The molecule has 0 aromatic heterocycles. The van der Waals surface area contributed by atoms with Crippen LogP contribution in [-0.2, 0) is 11.2 Å². The highest BCUT2D eigenvalue weighted by Gasteiger charge is 2.23. The van der Waals surface area contributed by atoms with Gasteiger partial charge in [0.2, 0.25) is 5.91 Å². The number of methoxy groups -OCH3 is 1. The molecular weight excluding hydrogens is 264 g/mol. The molecule has 1 atom stereocenters. The number of likely N-dealkylation sites (tertiary alicyclic amines) is 1. The summed E-state index contributed by atoms with van der Waals surface area (Å²) in [5.74, 6) is 1.27. The number of hydrogen-bond donors (Lipinski definition) is 1. The Hall–Kier alpha value is -1.55. The van der Waals surface area contributed by atoms with E-state index in [0.717, 1.165) is 51.1 Å². The van der Waals surface area contributed by atoms with Crippen molar-refractivity contribution in [1.29, 1.82) is 0 Å². The standard InChI is InChI=1S/C17H26N2O2/c1-19-12-4-6-15(13-19)17(20)18-11-3-5-14-7-9-16(21-2)10-8-14/h7-10,15H,3-6,11-13H2,1-2H3,(H,18,20)/t15-/m1/s1. The first-order chi connectivity index (χ1) is 10.2. The number of carbonyl (C=O) groups is 1. The quantitative estimate of drug-likeness (QED) is 0.816. The molecule has 2 rings (SSSR count). The molecule has 0 unspecified atom stereocenters. The highest BCUT2D eigenvalue weighted by molar-refractivity contribution is 5.78. The molecule has 1 N–H and O–H groups in total. The molecule has 1 saturated heterocycles. The molecule has 116 valence electrons. The first-order valence-electron chi connectivity index (χ1n) is 7.78. The van der Waals surface area contributed by atoms with Crippen molar-refractivity contribution in [3.05, 3.63) is 29.8 Å². The first kappa shape index (κ1) is 15.8. The van der Waals surface area contributed by atoms with Crippen molar-refractivity contribution in [3.63, 3.8) is 0 Å². The Morgan fingerprint density at radius 3 is 2.81 bits per heavy atom. The van der Waals surface area contributed by atoms with Gasteiger partial charge in [0, 0.05) is 13.1 Å². The number of piperidine rings is 1. The van der Waals surface area contributed by atoms with Crippen molar-refractivity contribution >= 4 is 5.91 Å². The minimum atomic E-state index is 0.171. The number of carbonyl (C=O) groups excluding carboxylic acids is 1. The summed E-state index contributed by atoms with van der Waals surface area (Å²) in [6.45, 7) is 2.76. The van der Waals surface area contributed by atoms with Crippen molar-refractivity contribution in [3.8, 4) is 5.75 Å². The van der Waals surface area contributed by atoms with E-state index < -0.39 is 0 Å². The van der Waals surface area contributed by atoms with E-state index >= 15 is 0 Å². The first-order valence-corrected chi connectivity index (χ1v) is 7.78. The average molecular weight is 290 g/mol. The van der Waals surface area contributed by atoms with E-state index in [1.54, 1.807) is 7.11 Å². The molecular formula is C17H26N2O2. The summed E-state index contributed by atoms with van der Waals surface area (Å²) in [5.41, 5.74) is 1.28. The number of ether oxygens (including phenoxy) is 1. The number of nitrogens with one attached hydrogen (secondary N) is 1. The summed E-state index contributed by atoms with van der Waals surface area (Å²) >= 11 is 0. The number of hydrogen-bond acceptors (Lipinski definition) is 3. The van der Waals surface area contributed by atoms with Gasteiger partial charge in [-0.2, -0.15) is 0 Å². The van der Waals surface area contributed by atoms with Crippen molar-refractivity contribution in [1.82, 2.24) is 10.2 Å². The van der Waals surface area contributed by atoms with Gasteiger partial charge >= 0.3 is 0 Å². The third-order valence-electron chi connectivity index (χ3n) is 4.10. The van der Waals surface area contributed by atoms with Crippen molar-refractivity contribution in [2.75, 3.05) is 33.8 Å². The lowest BCUT2D eigenvalue weighted by atomic mass is 9.97. The van der Waals surface area contributed by atoms with Gasteiger partial charge in [-0.05, 0) is 57.0 Å². The Kier molecular flexibility index (Phi) is 6.05. The largest absolute Gasteiger partial charge is 0.497 e. The van der Waals surface area contributed by atoms with Crippen molar-refractivity contribution in [2.24, 2.45) is 5.92 Å². The zero-order valence-corrected chi connectivity index (χ0v) is 13.1. The third kappa shape index (κ3) is 5.05. The van der Waals surface area contributed by atoms with E-state index in [-0.39, 0.29) is 11.8 Å². The fourth-order valence-corrected chi connectivity index (χ4v) is 2.82. The van der Waals surface area contributed by atoms with E-state index in [4.69, 9.17) is 4.74 Å². The monoisotopic (exact) mass is 290 g/mol. The molecule has 0 bridgehead atoms. The Morgan fingerprint density at radius 2 is 2.14 bits per heavy atom. The fourth-order valence-electron chi connectivity index (χ4n) is 2.82. The summed E-state index contributed by atoms with van der Waals surface area (Å²) in [4.78, 5) is 14.3. The molecule has 1 aliphatic rings. The second-order valence-corrected chi connectivity index (χ2v) is 5.84. The normalized spacial score (nSPS) is 19.2. The summed E-state index contributed by atoms with van der Waals surface area (Å²) in [5, 5.41) is 3.08. The van der Waals surface area contributed by atoms with Gasteiger partial charge in [-0.25, -0.2) is 0 Å². The molecule has 1 aromatic rings. The summed E-state index contributed by atoms with van der Waals surface area (Å²) in [6, 6.07) is 8.12. The second-order valence-electron chi connectivity index (χ2n) is 5.84. The van der Waals surface area contributed by atoms with Gasteiger partial charge in [-0.15, -0.1) is 0 Å². The van der Waals surface area contributed by atoms with Crippen LogP contribution < -0.4 is 10.1 Å². The highest BCUT2D eigenvalue weighted by Crippen LogP contribution is 2.15. The topological polar surface area (TPSA) is 41.6 Å². The maximum absolute atomic E-state index is 12.1. The summed E-state index contributed by atoms with van der Waals surface area (Å²) in [7, 11) is 3.76. The van der Waals surface area contributed by atoms with Crippen LogP contribution in [0.2, 0.25) is 0 Å².